The number of carbonyl (C=O) groups is 2. The molecule has 0 bridgehead atoms. The Morgan fingerprint density at radius 1 is 0.871 bits per heavy atom. The molecule has 0 aliphatic carbocycles. The van der Waals surface area contributed by atoms with Crippen molar-refractivity contribution in [3.8, 4) is 5.75 Å². The zero-order valence-electron chi connectivity index (χ0n) is 16.1. The average molecular weight is 498 g/mol. The molecule has 5 nitrogen and oxygen atoms in total. The van der Waals surface area contributed by atoms with Crippen LogP contribution in [-0.4, -0.2) is 18.4 Å². The highest BCUT2D eigenvalue weighted by Crippen LogP contribution is 2.34. The second-order valence-corrected chi connectivity index (χ2v) is 8.13. The van der Waals surface area contributed by atoms with E-state index in [1.54, 1.807) is 42.5 Å². The fraction of sp³-hybridized carbons (Fsp3) is 0.0909. The molecule has 3 rings (SSSR count). The van der Waals surface area contributed by atoms with Gasteiger partial charge in [0.15, 0.2) is 6.61 Å². The molecular formula is C22H16Cl4N2O3. The van der Waals surface area contributed by atoms with Crippen LogP contribution in [0.1, 0.15) is 15.9 Å². The van der Waals surface area contributed by atoms with E-state index in [-0.39, 0.29) is 28.2 Å². The standard InChI is InChI=1S/C22H16Cl4N2O3/c1-12-16(24)3-2-4-19(12)27-20(29)11-31-15-7-5-13(6-8-15)22(30)28-21-17(25)9-14(23)10-18(21)26/h2-10H,11H2,1H3,(H,27,29)(H,28,30). The molecule has 0 aliphatic rings. The van der Waals surface area contributed by atoms with Crippen LogP contribution in [0.5, 0.6) is 5.75 Å². The van der Waals surface area contributed by atoms with Crippen LogP contribution in [0.2, 0.25) is 20.1 Å². The summed E-state index contributed by atoms with van der Waals surface area (Å²) in [6.07, 6.45) is 0. The fourth-order valence-electron chi connectivity index (χ4n) is 2.63. The third-order valence-electron chi connectivity index (χ3n) is 4.27. The minimum atomic E-state index is -0.410. The number of ether oxygens (including phenoxy) is 1. The highest BCUT2D eigenvalue weighted by atomic mass is 35.5. The third kappa shape index (κ3) is 6.05. The SMILES string of the molecule is Cc1c(Cl)cccc1NC(=O)COc1ccc(C(=O)Nc2c(Cl)cc(Cl)cc2Cl)cc1. The van der Waals surface area contributed by atoms with Crippen molar-refractivity contribution >= 4 is 69.6 Å². The molecule has 31 heavy (non-hydrogen) atoms. The van der Waals surface area contributed by atoms with E-state index in [0.29, 0.717) is 27.0 Å². The first-order valence-corrected chi connectivity index (χ1v) is 10.5. The molecule has 0 saturated heterocycles. The Bertz CT molecular complexity index is 1110. The minimum absolute atomic E-state index is 0.201. The lowest BCUT2D eigenvalue weighted by molar-refractivity contribution is -0.118. The van der Waals surface area contributed by atoms with Gasteiger partial charge in [0.05, 0.1) is 15.7 Å². The quantitative estimate of drug-likeness (QED) is 0.390. The van der Waals surface area contributed by atoms with Crippen LogP contribution >= 0.6 is 46.4 Å². The van der Waals surface area contributed by atoms with E-state index in [9.17, 15) is 9.59 Å². The van der Waals surface area contributed by atoms with Crippen LogP contribution in [0.3, 0.4) is 0 Å². The monoisotopic (exact) mass is 496 g/mol. The Hall–Kier alpha value is -2.44. The first-order chi connectivity index (χ1) is 14.7. The van der Waals surface area contributed by atoms with Crippen LogP contribution in [0.4, 0.5) is 11.4 Å². The van der Waals surface area contributed by atoms with E-state index in [4.69, 9.17) is 51.1 Å². The van der Waals surface area contributed by atoms with Crippen molar-refractivity contribution in [2.75, 3.05) is 17.2 Å². The molecule has 0 atom stereocenters. The summed E-state index contributed by atoms with van der Waals surface area (Å²) in [6.45, 7) is 1.61. The molecule has 0 saturated carbocycles. The van der Waals surface area contributed by atoms with Crippen molar-refractivity contribution in [3.05, 3.63) is 85.8 Å². The van der Waals surface area contributed by atoms with Gasteiger partial charge in [-0.3, -0.25) is 9.59 Å². The number of amides is 2. The van der Waals surface area contributed by atoms with Gasteiger partial charge in [-0.1, -0.05) is 52.5 Å². The molecule has 0 radical (unpaired) electrons. The van der Waals surface area contributed by atoms with Gasteiger partial charge >= 0.3 is 0 Å². The minimum Gasteiger partial charge on any atom is -0.484 e. The number of hydrogen-bond acceptors (Lipinski definition) is 3. The zero-order valence-corrected chi connectivity index (χ0v) is 19.2. The summed E-state index contributed by atoms with van der Waals surface area (Å²) in [5.74, 6) is -0.317. The normalized spacial score (nSPS) is 10.5. The maximum Gasteiger partial charge on any atom is 0.262 e. The van der Waals surface area contributed by atoms with Crippen molar-refractivity contribution in [2.45, 2.75) is 6.92 Å². The number of carbonyl (C=O) groups excluding carboxylic acids is 2. The summed E-state index contributed by atoms with van der Waals surface area (Å²) in [5, 5.41) is 6.78. The molecule has 9 heteroatoms. The average Bonchev–Trinajstić information content (AvgIpc) is 2.72. The van der Waals surface area contributed by atoms with Gasteiger partial charge in [-0.15, -0.1) is 0 Å². The van der Waals surface area contributed by atoms with Gasteiger partial charge in [-0.25, -0.2) is 0 Å². The van der Waals surface area contributed by atoms with E-state index in [1.165, 1.54) is 12.1 Å². The summed E-state index contributed by atoms with van der Waals surface area (Å²) in [4.78, 5) is 24.6. The Labute approximate surface area is 199 Å². The molecule has 2 amide bonds. The molecular weight excluding hydrogens is 482 g/mol. The molecule has 3 aromatic rings. The van der Waals surface area contributed by atoms with Crippen molar-refractivity contribution in [2.24, 2.45) is 0 Å². The molecule has 2 N–H and O–H groups in total. The Morgan fingerprint density at radius 3 is 2.16 bits per heavy atom. The van der Waals surface area contributed by atoms with Crippen molar-refractivity contribution in [1.29, 1.82) is 0 Å². The predicted octanol–water partition coefficient (Wildman–Crippen LogP) is 6.88. The summed E-state index contributed by atoms with van der Waals surface area (Å²) in [7, 11) is 0. The number of benzene rings is 3. The Morgan fingerprint density at radius 2 is 1.52 bits per heavy atom. The van der Waals surface area contributed by atoms with Gasteiger partial charge in [0.1, 0.15) is 5.75 Å². The highest BCUT2D eigenvalue weighted by Gasteiger charge is 2.13. The van der Waals surface area contributed by atoms with Crippen molar-refractivity contribution < 1.29 is 14.3 Å². The number of rotatable bonds is 6. The maximum atomic E-state index is 12.5. The molecule has 3 aromatic carbocycles. The fourth-order valence-corrected chi connectivity index (χ4v) is 3.71. The maximum absolute atomic E-state index is 12.5. The summed E-state index contributed by atoms with van der Waals surface area (Å²) >= 11 is 24.1. The lowest BCUT2D eigenvalue weighted by atomic mass is 10.2. The summed E-state index contributed by atoms with van der Waals surface area (Å²) < 4.78 is 5.48. The van der Waals surface area contributed by atoms with E-state index < -0.39 is 5.91 Å². The topological polar surface area (TPSA) is 67.4 Å². The largest absolute Gasteiger partial charge is 0.484 e. The van der Waals surface area contributed by atoms with Gasteiger partial charge in [0, 0.05) is 21.3 Å². The van der Waals surface area contributed by atoms with Crippen molar-refractivity contribution in [1.82, 2.24) is 0 Å². The van der Waals surface area contributed by atoms with Crippen LogP contribution in [0, 0.1) is 6.92 Å². The Balaban J connectivity index is 1.58. The first kappa shape index (κ1) is 23.2. The Kier molecular flexibility index (Phi) is 7.68. The number of halogens is 4. The van der Waals surface area contributed by atoms with Crippen LogP contribution in [0.15, 0.2) is 54.6 Å². The molecule has 0 heterocycles. The van der Waals surface area contributed by atoms with Gasteiger partial charge in [0.25, 0.3) is 11.8 Å². The molecule has 0 spiro atoms. The molecule has 0 fully saturated rings. The van der Waals surface area contributed by atoms with E-state index >= 15 is 0 Å². The first-order valence-electron chi connectivity index (χ1n) is 8.98. The predicted molar refractivity (Wildman–Crippen MR) is 126 cm³/mol. The lowest BCUT2D eigenvalue weighted by Crippen LogP contribution is -2.20. The third-order valence-corrected chi connectivity index (χ3v) is 5.50. The van der Waals surface area contributed by atoms with E-state index in [1.807, 2.05) is 6.92 Å². The number of hydrogen-bond donors (Lipinski definition) is 2. The van der Waals surface area contributed by atoms with Gasteiger partial charge in [-0.2, -0.15) is 0 Å². The molecule has 0 unspecified atom stereocenters. The zero-order chi connectivity index (χ0) is 22.5. The number of anilines is 2. The molecule has 0 aromatic heterocycles. The van der Waals surface area contributed by atoms with Crippen LogP contribution in [0.25, 0.3) is 0 Å². The second-order valence-electron chi connectivity index (χ2n) is 6.47. The lowest BCUT2D eigenvalue weighted by Gasteiger charge is -2.11. The smallest absolute Gasteiger partial charge is 0.262 e. The summed E-state index contributed by atoms with van der Waals surface area (Å²) in [6, 6.07) is 14.5. The van der Waals surface area contributed by atoms with Crippen LogP contribution in [-0.2, 0) is 4.79 Å². The highest BCUT2D eigenvalue weighted by molar-refractivity contribution is 6.42. The van der Waals surface area contributed by atoms with Gasteiger partial charge in [-0.05, 0) is 61.0 Å². The van der Waals surface area contributed by atoms with E-state index in [0.717, 1.165) is 5.56 Å². The second kappa shape index (κ2) is 10.2. The van der Waals surface area contributed by atoms with Gasteiger partial charge in [0.2, 0.25) is 0 Å². The number of nitrogens with one attached hydrogen (secondary N) is 2. The van der Waals surface area contributed by atoms with E-state index in [2.05, 4.69) is 10.6 Å². The van der Waals surface area contributed by atoms with Crippen molar-refractivity contribution in [3.63, 3.8) is 0 Å². The molecule has 160 valence electrons. The summed E-state index contributed by atoms with van der Waals surface area (Å²) in [5.41, 5.74) is 2.01. The van der Waals surface area contributed by atoms with Gasteiger partial charge < -0.3 is 15.4 Å². The van der Waals surface area contributed by atoms with Crippen LogP contribution < -0.4 is 15.4 Å². The molecule has 0 aliphatic heterocycles.